The van der Waals surface area contributed by atoms with Crippen LogP contribution >= 0.6 is 0 Å². The van der Waals surface area contributed by atoms with Crippen LogP contribution in [0, 0.1) is 0 Å². The van der Waals surface area contributed by atoms with Crippen molar-refractivity contribution >= 4 is 17.9 Å². The van der Waals surface area contributed by atoms with E-state index in [0.717, 1.165) is 109 Å². The Balaban J connectivity index is 4.18. The third kappa shape index (κ3) is 59.5. The highest BCUT2D eigenvalue weighted by molar-refractivity contribution is 5.71. The zero-order chi connectivity index (χ0) is 53.6. The Hall–Kier alpha value is -3.41. The van der Waals surface area contributed by atoms with Crippen molar-refractivity contribution in [3.63, 3.8) is 0 Å². The lowest BCUT2D eigenvalue weighted by molar-refractivity contribution is -0.167. The molecule has 0 aromatic rings. The van der Waals surface area contributed by atoms with Crippen LogP contribution in [0.1, 0.15) is 310 Å². The van der Waals surface area contributed by atoms with E-state index in [4.69, 9.17) is 14.2 Å². The number of carbonyl (C=O) groups excluding carboxylic acids is 3. The molecule has 0 amide bonds. The van der Waals surface area contributed by atoms with E-state index in [1.54, 1.807) is 0 Å². The number of hydrogen-bond acceptors (Lipinski definition) is 6. The van der Waals surface area contributed by atoms with Crippen LogP contribution in [0.5, 0.6) is 0 Å². The van der Waals surface area contributed by atoms with Crippen molar-refractivity contribution in [2.45, 2.75) is 316 Å². The summed E-state index contributed by atoms with van der Waals surface area (Å²) in [6.45, 7) is 6.46. The minimum absolute atomic E-state index is 0.0824. The molecule has 0 aromatic carbocycles. The molecule has 0 saturated heterocycles. The van der Waals surface area contributed by atoms with E-state index in [2.05, 4.69) is 106 Å². The molecule has 0 spiro atoms. The maximum absolute atomic E-state index is 12.9. The quantitative estimate of drug-likeness (QED) is 0.0261. The first-order valence-corrected chi connectivity index (χ1v) is 31.6. The summed E-state index contributed by atoms with van der Waals surface area (Å²) in [5.74, 6) is -0.896. The molecule has 0 aliphatic heterocycles. The van der Waals surface area contributed by atoms with Crippen LogP contribution in [0.15, 0.2) is 85.1 Å². The molecule has 0 aromatic heterocycles. The van der Waals surface area contributed by atoms with Crippen LogP contribution in [0.25, 0.3) is 0 Å². The number of rotatable bonds is 57. The van der Waals surface area contributed by atoms with Crippen molar-refractivity contribution < 1.29 is 28.6 Å². The molecule has 426 valence electrons. The van der Waals surface area contributed by atoms with Crippen molar-refractivity contribution in [1.82, 2.24) is 0 Å². The Bertz CT molecular complexity index is 1420. The molecular weight excluding hydrogens is 913 g/mol. The Kier molecular flexibility index (Phi) is 59.3. The summed E-state index contributed by atoms with van der Waals surface area (Å²) in [5.41, 5.74) is 0. The number of allylic oxidation sites excluding steroid dienone is 14. The number of carbonyl (C=O) groups is 3. The zero-order valence-electron chi connectivity index (χ0n) is 48.8. The lowest BCUT2D eigenvalue weighted by Gasteiger charge is -2.18. The van der Waals surface area contributed by atoms with Crippen molar-refractivity contribution in [2.24, 2.45) is 0 Å². The number of unbranched alkanes of at least 4 members (excludes halogenated alkanes) is 32. The molecule has 0 fully saturated rings. The average molecular weight is 1030 g/mol. The molecule has 6 heteroatoms. The molecule has 0 rings (SSSR count). The topological polar surface area (TPSA) is 78.9 Å². The standard InChI is InChI=1S/C68H118O6/c1-4-7-10-13-16-19-22-24-26-28-29-30-31-32-33-34-35-36-37-38-39-41-42-44-46-49-52-55-58-61-67(70)73-64-65(63-72-66(69)60-57-54-51-48-21-18-15-12-9-6-3)74-68(71)62-59-56-53-50-47-45-43-40-27-25-23-20-17-14-11-8-5-2/h8,11-12,15,17,20,22,24-25,27-29,31-32,65H,4-7,9-10,13-14,16,18-19,21,23,26,30,33-64H2,1-3H3/b11-8-,15-12-,20-17-,24-22-,27-25-,29-28-,32-31-. The first kappa shape index (κ1) is 70.6. The van der Waals surface area contributed by atoms with Crippen molar-refractivity contribution in [3.05, 3.63) is 85.1 Å². The van der Waals surface area contributed by atoms with E-state index in [1.165, 1.54) is 161 Å². The second-order valence-electron chi connectivity index (χ2n) is 20.9. The van der Waals surface area contributed by atoms with Gasteiger partial charge in [-0.3, -0.25) is 14.4 Å². The monoisotopic (exact) mass is 1030 g/mol. The van der Waals surface area contributed by atoms with E-state index < -0.39 is 6.10 Å². The van der Waals surface area contributed by atoms with E-state index >= 15 is 0 Å². The van der Waals surface area contributed by atoms with E-state index in [1.807, 2.05) is 0 Å². The molecule has 1 unspecified atom stereocenters. The van der Waals surface area contributed by atoms with Gasteiger partial charge in [0.1, 0.15) is 13.2 Å². The first-order chi connectivity index (χ1) is 36.5. The number of ether oxygens (including phenoxy) is 3. The summed E-state index contributed by atoms with van der Waals surface area (Å²) in [5, 5.41) is 0. The van der Waals surface area contributed by atoms with Gasteiger partial charge in [0, 0.05) is 19.3 Å². The summed E-state index contributed by atoms with van der Waals surface area (Å²) in [4.78, 5) is 38.2. The molecule has 0 heterocycles. The van der Waals surface area contributed by atoms with Crippen LogP contribution in [0.3, 0.4) is 0 Å². The van der Waals surface area contributed by atoms with Crippen molar-refractivity contribution in [2.75, 3.05) is 13.2 Å². The van der Waals surface area contributed by atoms with Gasteiger partial charge in [0.05, 0.1) is 0 Å². The highest BCUT2D eigenvalue weighted by Crippen LogP contribution is 2.16. The maximum Gasteiger partial charge on any atom is 0.306 e. The summed E-state index contributed by atoms with van der Waals surface area (Å²) < 4.78 is 16.9. The molecule has 1 atom stereocenters. The molecular formula is C68H118O6. The normalized spacial score (nSPS) is 12.6. The Morgan fingerprint density at radius 1 is 0.284 bits per heavy atom. The summed E-state index contributed by atoms with van der Waals surface area (Å²) >= 11 is 0. The molecule has 0 radical (unpaired) electrons. The van der Waals surface area contributed by atoms with Gasteiger partial charge in [0.25, 0.3) is 0 Å². The lowest BCUT2D eigenvalue weighted by atomic mass is 10.0. The van der Waals surface area contributed by atoms with Crippen molar-refractivity contribution in [1.29, 1.82) is 0 Å². The highest BCUT2D eigenvalue weighted by atomic mass is 16.6. The van der Waals surface area contributed by atoms with Gasteiger partial charge in [-0.05, 0) is 109 Å². The second-order valence-corrected chi connectivity index (χ2v) is 20.9. The van der Waals surface area contributed by atoms with Crippen LogP contribution in [0.2, 0.25) is 0 Å². The first-order valence-electron chi connectivity index (χ1n) is 31.6. The van der Waals surface area contributed by atoms with Gasteiger partial charge in [-0.15, -0.1) is 0 Å². The van der Waals surface area contributed by atoms with Crippen LogP contribution in [0.4, 0.5) is 0 Å². The summed E-state index contributed by atoms with van der Waals surface area (Å²) in [6.07, 6.45) is 81.7. The third-order valence-corrected chi connectivity index (χ3v) is 13.6. The van der Waals surface area contributed by atoms with E-state index in [9.17, 15) is 14.4 Å². The molecule has 74 heavy (non-hydrogen) atoms. The molecule has 0 N–H and O–H groups in total. The fourth-order valence-corrected chi connectivity index (χ4v) is 8.88. The van der Waals surface area contributed by atoms with Gasteiger partial charge in [0.2, 0.25) is 0 Å². The smallest absolute Gasteiger partial charge is 0.306 e. The Morgan fingerprint density at radius 2 is 0.554 bits per heavy atom. The van der Waals surface area contributed by atoms with Crippen molar-refractivity contribution in [3.8, 4) is 0 Å². The lowest BCUT2D eigenvalue weighted by Crippen LogP contribution is -2.30. The molecule has 6 nitrogen and oxygen atoms in total. The SMILES string of the molecule is CC/C=C\C/C=C\C/C=C\CCCCCCCCCC(=O)OC(COC(=O)CCCCCCC/C=C\CCC)COC(=O)CCCCCCCCCCCCCCCC/C=C\C/C=C\C/C=C\CCCCCCC. The minimum atomic E-state index is -0.785. The maximum atomic E-state index is 12.9. The predicted octanol–water partition coefficient (Wildman–Crippen LogP) is 21.5. The van der Waals surface area contributed by atoms with Crippen LogP contribution in [-0.4, -0.2) is 37.2 Å². The molecule has 0 aliphatic carbocycles. The van der Waals surface area contributed by atoms with E-state index in [-0.39, 0.29) is 31.1 Å². The minimum Gasteiger partial charge on any atom is -0.462 e. The summed E-state index contributed by atoms with van der Waals surface area (Å²) in [7, 11) is 0. The number of esters is 3. The van der Waals surface area contributed by atoms with Crippen LogP contribution < -0.4 is 0 Å². The molecule has 0 bridgehead atoms. The Morgan fingerprint density at radius 3 is 0.892 bits per heavy atom. The number of hydrogen-bond donors (Lipinski definition) is 0. The largest absolute Gasteiger partial charge is 0.462 e. The highest BCUT2D eigenvalue weighted by Gasteiger charge is 2.19. The fraction of sp³-hybridized carbons (Fsp3) is 0.750. The van der Waals surface area contributed by atoms with Gasteiger partial charge in [0.15, 0.2) is 6.10 Å². The van der Waals surface area contributed by atoms with E-state index in [0.29, 0.717) is 19.3 Å². The average Bonchev–Trinajstić information content (AvgIpc) is 3.40. The zero-order valence-corrected chi connectivity index (χ0v) is 48.8. The van der Waals surface area contributed by atoms with Gasteiger partial charge < -0.3 is 14.2 Å². The van der Waals surface area contributed by atoms with Gasteiger partial charge in [-0.2, -0.15) is 0 Å². The Labute approximate surface area is 458 Å². The fourth-order valence-electron chi connectivity index (χ4n) is 8.88. The van der Waals surface area contributed by atoms with Crippen LogP contribution in [-0.2, 0) is 28.6 Å². The molecule has 0 saturated carbocycles. The van der Waals surface area contributed by atoms with Gasteiger partial charge in [-0.1, -0.05) is 266 Å². The van der Waals surface area contributed by atoms with Gasteiger partial charge >= 0.3 is 17.9 Å². The summed E-state index contributed by atoms with van der Waals surface area (Å²) in [6, 6.07) is 0. The predicted molar refractivity (Wildman–Crippen MR) is 321 cm³/mol. The molecule has 0 aliphatic rings. The second kappa shape index (κ2) is 62.1. The van der Waals surface area contributed by atoms with Gasteiger partial charge in [-0.25, -0.2) is 0 Å². The third-order valence-electron chi connectivity index (χ3n) is 13.6.